The normalized spacial score (nSPS) is 25.6. The lowest BCUT2D eigenvalue weighted by molar-refractivity contribution is 0.0734. The summed E-state index contributed by atoms with van der Waals surface area (Å²) >= 11 is 0. The Hall–Kier alpha value is -2.30. The van der Waals surface area contributed by atoms with E-state index in [4.69, 9.17) is 4.74 Å². The monoisotopic (exact) mass is 458 g/mol. The van der Waals surface area contributed by atoms with Gasteiger partial charge in [-0.05, 0) is 79.9 Å². The van der Waals surface area contributed by atoms with Gasteiger partial charge in [-0.25, -0.2) is 18.0 Å². The predicted molar refractivity (Wildman–Crippen MR) is 123 cm³/mol. The Morgan fingerprint density at radius 3 is 1.94 bits per heavy atom. The fourth-order valence-electron chi connectivity index (χ4n) is 5.82. The Balaban J connectivity index is 1.31. The standard InChI is InChI=1S/C28H33F3O2/c1-2-18-3-5-19(6-4-18)20-7-9-21(10-8-20)22-11-13-23(14-12-22)28(32)33-24-15-26(30)25(17-29)27(31)16-24/h11-16,18-21H,2-10,17H2,1H3. The predicted octanol–water partition coefficient (Wildman–Crippen LogP) is 8.14. The minimum absolute atomic E-state index is 0.275. The van der Waals surface area contributed by atoms with Crippen LogP contribution in [0.4, 0.5) is 13.2 Å². The summed E-state index contributed by atoms with van der Waals surface area (Å²) < 4.78 is 45.2. The Bertz CT molecular complexity index is 917. The van der Waals surface area contributed by atoms with Crippen LogP contribution in [0.25, 0.3) is 0 Å². The number of hydrogen-bond donors (Lipinski definition) is 0. The fourth-order valence-corrected chi connectivity index (χ4v) is 5.82. The van der Waals surface area contributed by atoms with E-state index >= 15 is 0 Å². The highest BCUT2D eigenvalue weighted by molar-refractivity contribution is 5.91. The number of carbonyl (C=O) groups is 1. The Labute approximate surface area is 194 Å². The van der Waals surface area contributed by atoms with E-state index < -0.39 is 29.8 Å². The van der Waals surface area contributed by atoms with E-state index in [0.29, 0.717) is 11.5 Å². The first-order valence-corrected chi connectivity index (χ1v) is 12.3. The minimum Gasteiger partial charge on any atom is -0.423 e. The van der Waals surface area contributed by atoms with Gasteiger partial charge < -0.3 is 4.74 Å². The number of carbonyl (C=O) groups excluding carboxylic acids is 1. The van der Waals surface area contributed by atoms with Crippen molar-refractivity contribution in [1.29, 1.82) is 0 Å². The number of halogens is 3. The molecule has 5 heteroatoms. The van der Waals surface area contributed by atoms with Crippen molar-refractivity contribution in [2.24, 2.45) is 17.8 Å². The molecule has 2 nitrogen and oxygen atoms in total. The first kappa shape index (κ1) is 23.8. The Morgan fingerprint density at radius 1 is 0.879 bits per heavy atom. The largest absolute Gasteiger partial charge is 0.423 e. The first-order chi connectivity index (χ1) is 16.0. The molecule has 0 heterocycles. The molecule has 0 unspecified atom stereocenters. The van der Waals surface area contributed by atoms with Gasteiger partial charge in [0.25, 0.3) is 0 Å². The summed E-state index contributed by atoms with van der Waals surface area (Å²) in [5, 5.41) is 0. The molecule has 0 atom stereocenters. The van der Waals surface area contributed by atoms with Gasteiger partial charge in [-0.1, -0.05) is 38.3 Å². The molecule has 0 N–H and O–H groups in total. The van der Waals surface area contributed by atoms with Gasteiger partial charge in [0, 0.05) is 12.1 Å². The van der Waals surface area contributed by atoms with Gasteiger partial charge in [0.15, 0.2) is 0 Å². The Kier molecular flexibility index (Phi) is 7.77. The highest BCUT2D eigenvalue weighted by atomic mass is 19.1. The van der Waals surface area contributed by atoms with Gasteiger partial charge in [-0.2, -0.15) is 0 Å². The summed E-state index contributed by atoms with van der Waals surface area (Å²) in [6.07, 6.45) is 11.8. The molecular weight excluding hydrogens is 425 g/mol. The van der Waals surface area contributed by atoms with Gasteiger partial charge in [0.1, 0.15) is 24.1 Å². The van der Waals surface area contributed by atoms with Crippen LogP contribution in [-0.2, 0) is 6.67 Å². The number of benzene rings is 2. The molecule has 0 bridgehead atoms. The third-order valence-corrected chi connectivity index (χ3v) is 7.98. The average Bonchev–Trinajstić information content (AvgIpc) is 2.84. The third kappa shape index (κ3) is 5.62. The summed E-state index contributed by atoms with van der Waals surface area (Å²) in [6, 6.07) is 8.99. The lowest BCUT2D eigenvalue weighted by Gasteiger charge is -2.38. The van der Waals surface area contributed by atoms with Crippen LogP contribution in [0.3, 0.4) is 0 Å². The number of hydrogen-bond acceptors (Lipinski definition) is 2. The maximum atomic E-state index is 13.7. The van der Waals surface area contributed by atoms with Gasteiger partial charge in [0.2, 0.25) is 0 Å². The summed E-state index contributed by atoms with van der Waals surface area (Å²) in [4.78, 5) is 12.4. The Morgan fingerprint density at radius 2 is 1.42 bits per heavy atom. The SMILES string of the molecule is CCC1CCC(C2CCC(c3ccc(C(=O)Oc4cc(F)c(CF)c(F)c4)cc3)CC2)CC1. The van der Waals surface area contributed by atoms with Crippen molar-refractivity contribution >= 4 is 5.97 Å². The van der Waals surface area contributed by atoms with Crippen LogP contribution in [-0.4, -0.2) is 5.97 Å². The van der Waals surface area contributed by atoms with Crippen molar-refractivity contribution in [1.82, 2.24) is 0 Å². The molecule has 0 saturated heterocycles. The quantitative estimate of drug-likeness (QED) is 0.322. The molecule has 2 aliphatic carbocycles. The average molecular weight is 459 g/mol. The second-order valence-electron chi connectivity index (χ2n) is 9.81. The van der Waals surface area contributed by atoms with Gasteiger partial charge in [0.05, 0.1) is 11.1 Å². The maximum Gasteiger partial charge on any atom is 0.343 e. The van der Waals surface area contributed by atoms with Crippen LogP contribution in [0.5, 0.6) is 5.75 Å². The lowest BCUT2D eigenvalue weighted by atomic mass is 9.68. The van der Waals surface area contributed by atoms with Gasteiger partial charge in [-0.3, -0.25) is 0 Å². The highest BCUT2D eigenvalue weighted by Crippen LogP contribution is 2.44. The topological polar surface area (TPSA) is 26.3 Å². The van der Waals surface area contributed by atoms with Crippen molar-refractivity contribution in [2.45, 2.75) is 77.3 Å². The molecule has 2 aromatic carbocycles. The van der Waals surface area contributed by atoms with Crippen molar-refractivity contribution in [3.05, 3.63) is 64.7 Å². The van der Waals surface area contributed by atoms with Crippen LogP contribution in [0.2, 0.25) is 0 Å². The molecule has 2 aliphatic rings. The van der Waals surface area contributed by atoms with Gasteiger partial charge in [-0.15, -0.1) is 0 Å². The zero-order chi connectivity index (χ0) is 23.4. The van der Waals surface area contributed by atoms with E-state index in [1.165, 1.54) is 63.4 Å². The van der Waals surface area contributed by atoms with E-state index in [9.17, 15) is 18.0 Å². The summed E-state index contributed by atoms with van der Waals surface area (Å²) in [7, 11) is 0. The minimum atomic E-state index is -1.25. The summed E-state index contributed by atoms with van der Waals surface area (Å²) in [6.45, 7) is 1.06. The van der Waals surface area contributed by atoms with Crippen molar-refractivity contribution in [2.75, 3.05) is 0 Å². The van der Waals surface area contributed by atoms with Gasteiger partial charge >= 0.3 is 5.97 Å². The second-order valence-corrected chi connectivity index (χ2v) is 9.81. The van der Waals surface area contributed by atoms with Crippen molar-refractivity contribution in [3.8, 4) is 5.75 Å². The number of esters is 1. The summed E-state index contributed by atoms with van der Waals surface area (Å²) in [5.74, 6) is 0.110. The zero-order valence-electron chi connectivity index (χ0n) is 19.3. The molecule has 0 amide bonds. The molecule has 0 radical (unpaired) electrons. The van der Waals surface area contributed by atoms with E-state index in [-0.39, 0.29) is 5.75 Å². The third-order valence-electron chi connectivity index (χ3n) is 7.98. The number of ether oxygens (including phenoxy) is 1. The molecular formula is C28H33F3O2. The molecule has 0 aliphatic heterocycles. The molecule has 0 aromatic heterocycles. The van der Waals surface area contributed by atoms with Crippen LogP contribution < -0.4 is 4.74 Å². The van der Waals surface area contributed by atoms with Crippen molar-refractivity contribution in [3.63, 3.8) is 0 Å². The lowest BCUT2D eigenvalue weighted by Crippen LogP contribution is -2.25. The smallest absolute Gasteiger partial charge is 0.343 e. The first-order valence-electron chi connectivity index (χ1n) is 12.3. The van der Waals surface area contributed by atoms with E-state index in [1.54, 1.807) is 12.1 Å². The molecule has 2 fully saturated rings. The van der Waals surface area contributed by atoms with Crippen LogP contribution in [0.1, 0.15) is 92.1 Å². The molecule has 2 aromatic rings. The molecule has 2 saturated carbocycles. The summed E-state index contributed by atoms with van der Waals surface area (Å²) in [5.41, 5.74) is 0.877. The van der Waals surface area contributed by atoms with Crippen molar-refractivity contribution < 1.29 is 22.7 Å². The molecule has 33 heavy (non-hydrogen) atoms. The fraction of sp³-hybridized carbons (Fsp3) is 0.536. The van der Waals surface area contributed by atoms with E-state index in [1.807, 2.05) is 12.1 Å². The highest BCUT2D eigenvalue weighted by Gasteiger charge is 2.31. The van der Waals surface area contributed by atoms with Crippen LogP contribution >= 0.6 is 0 Å². The zero-order valence-corrected chi connectivity index (χ0v) is 19.3. The van der Waals surface area contributed by atoms with E-state index in [2.05, 4.69) is 6.92 Å². The number of alkyl halides is 1. The van der Waals surface area contributed by atoms with Crippen LogP contribution in [0, 0.1) is 29.4 Å². The maximum absolute atomic E-state index is 13.7. The molecule has 178 valence electrons. The van der Waals surface area contributed by atoms with E-state index in [0.717, 1.165) is 29.9 Å². The second kappa shape index (κ2) is 10.8. The van der Waals surface area contributed by atoms with Crippen LogP contribution in [0.15, 0.2) is 36.4 Å². The number of rotatable bonds is 6. The molecule has 4 rings (SSSR count). The molecule has 0 spiro atoms.